The summed E-state index contributed by atoms with van der Waals surface area (Å²) in [5.74, 6) is 0.115. The van der Waals surface area contributed by atoms with Gasteiger partial charge in [0.1, 0.15) is 11.3 Å². The van der Waals surface area contributed by atoms with Crippen LogP contribution in [0.4, 0.5) is 5.69 Å². The fourth-order valence-corrected chi connectivity index (χ4v) is 4.91. The second-order valence-electron chi connectivity index (χ2n) is 6.75. The molecule has 1 aromatic rings. The number of nitrogens with zero attached hydrogens (tertiary/aromatic N) is 2. The van der Waals surface area contributed by atoms with Crippen molar-refractivity contribution in [3.05, 3.63) is 18.2 Å². The van der Waals surface area contributed by atoms with E-state index in [0.717, 1.165) is 12.8 Å². The Bertz CT molecular complexity index is 838. The van der Waals surface area contributed by atoms with Crippen LogP contribution in [0.5, 0.6) is 5.75 Å². The van der Waals surface area contributed by atoms with Gasteiger partial charge in [0, 0.05) is 13.1 Å². The van der Waals surface area contributed by atoms with Gasteiger partial charge in [-0.05, 0) is 43.9 Å². The highest BCUT2D eigenvalue weighted by Gasteiger charge is 2.35. The third-order valence-corrected chi connectivity index (χ3v) is 7.05. The van der Waals surface area contributed by atoms with E-state index in [1.54, 1.807) is 19.9 Å². The Kier molecular flexibility index (Phi) is 7.27. The second-order valence-corrected chi connectivity index (χ2v) is 8.69. The Morgan fingerprint density at radius 1 is 1.29 bits per heavy atom. The number of carbonyl (C=O) groups excluding carboxylic acids is 1. The van der Waals surface area contributed by atoms with Crippen LogP contribution >= 0.6 is 0 Å². The standard InChI is InChI=1S/C19H28N4O4S/c1-4-23(5-2)28(25,26)15-8-9-17(27-3)16(12-15)21-13-18(24)22-19(14-20)10-6-7-11-19/h8-9,12,21H,4-7,10-11,13H2,1-3H3,(H,22,24). The van der Waals surface area contributed by atoms with Crippen molar-refractivity contribution in [3.63, 3.8) is 0 Å². The topological polar surface area (TPSA) is 112 Å². The SMILES string of the molecule is CCN(CC)S(=O)(=O)c1ccc(OC)c(NCC(=O)NC2(C#N)CCCC2)c1. The Labute approximate surface area is 166 Å². The van der Waals surface area contributed by atoms with Crippen molar-refractivity contribution in [2.24, 2.45) is 0 Å². The molecule has 0 radical (unpaired) electrons. The molecule has 1 fully saturated rings. The predicted molar refractivity (Wildman–Crippen MR) is 107 cm³/mol. The lowest BCUT2D eigenvalue weighted by molar-refractivity contribution is -0.120. The van der Waals surface area contributed by atoms with Gasteiger partial charge in [-0.1, -0.05) is 13.8 Å². The van der Waals surface area contributed by atoms with Crippen LogP contribution in [0.2, 0.25) is 0 Å². The van der Waals surface area contributed by atoms with E-state index in [0.29, 0.717) is 37.4 Å². The number of nitrogens with one attached hydrogen (secondary N) is 2. The summed E-state index contributed by atoms with van der Waals surface area (Å²) in [6, 6.07) is 6.73. The van der Waals surface area contributed by atoms with Crippen molar-refractivity contribution in [3.8, 4) is 11.8 Å². The molecule has 9 heteroatoms. The highest BCUT2D eigenvalue weighted by Crippen LogP contribution is 2.30. The summed E-state index contributed by atoms with van der Waals surface area (Å²) in [6.45, 7) is 4.21. The molecule has 8 nitrogen and oxygen atoms in total. The maximum atomic E-state index is 12.7. The van der Waals surface area contributed by atoms with E-state index in [-0.39, 0.29) is 17.3 Å². The highest BCUT2D eigenvalue weighted by molar-refractivity contribution is 7.89. The quantitative estimate of drug-likeness (QED) is 0.647. The largest absolute Gasteiger partial charge is 0.495 e. The zero-order valence-corrected chi connectivity index (χ0v) is 17.4. The van der Waals surface area contributed by atoms with Crippen LogP contribution in [0.1, 0.15) is 39.5 Å². The number of hydrogen-bond acceptors (Lipinski definition) is 6. The van der Waals surface area contributed by atoms with E-state index in [4.69, 9.17) is 4.74 Å². The van der Waals surface area contributed by atoms with Crippen LogP contribution in [0.15, 0.2) is 23.1 Å². The lowest BCUT2D eigenvalue weighted by Crippen LogP contribution is -2.47. The van der Waals surface area contributed by atoms with Crippen LogP contribution in [-0.4, -0.2) is 50.9 Å². The average molecular weight is 409 g/mol. The molecule has 0 atom stereocenters. The summed E-state index contributed by atoms with van der Waals surface area (Å²) in [5.41, 5.74) is -0.389. The number of rotatable bonds is 9. The molecule has 0 saturated heterocycles. The molecule has 1 amide bonds. The van der Waals surface area contributed by atoms with E-state index in [1.165, 1.54) is 23.5 Å². The zero-order chi connectivity index (χ0) is 20.8. The van der Waals surface area contributed by atoms with Gasteiger partial charge in [0.05, 0.1) is 30.3 Å². The lowest BCUT2D eigenvalue weighted by Gasteiger charge is -2.22. The summed E-state index contributed by atoms with van der Waals surface area (Å²) >= 11 is 0. The molecule has 1 aromatic carbocycles. The minimum Gasteiger partial charge on any atom is -0.495 e. The fourth-order valence-electron chi connectivity index (χ4n) is 3.43. The maximum absolute atomic E-state index is 12.7. The van der Waals surface area contributed by atoms with E-state index in [2.05, 4.69) is 16.7 Å². The van der Waals surface area contributed by atoms with E-state index in [1.807, 2.05) is 0 Å². The highest BCUT2D eigenvalue weighted by atomic mass is 32.2. The summed E-state index contributed by atoms with van der Waals surface area (Å²) < 4.78 is 32.1. The van der Waals surface area contributed by atoms with Crippen molar-refractivity contribution in [1.82, 2.24) is 9.62 Å². The van der Waals surface area contributed by atoms with Gasteiger partial charge in [-0.25, -0.2) is 8.42 Å². The third-order valence-electron chi connectivity index (χ3n) is 5.00. The number of hydrogen-bond donors (Lipinski definition) is 2. The monoisotopic (exact) mass is 408 g/mol. The molecule has 1 saturated carbocycles. The Morgan fingerprint density at radius 2 is 1.93 bits per heavy atom. The number of ether oxygens (including phenoxy) is 1. The first kappa shape index (κ1) is 22.0. The van der Waals surface area contributed by atoms with Gasteiger partial charge in [-0.15, -0.1) is 0 Å². The first-order chi connectivity index (χ1) is 13.3. The second kappa shape index (κ2) is 9.26. The molecule has 154 valence electrons. The van der Waals surface area contributed by atoms with Gasteiger partial charge in [-0.2, -0.15) is 9.57 Å². The zero-order valence-electron chi connectivity index (χ0n) is 16.6. The van der Waals surface area contributed by atoms with Gasteiger partial charge in [-0.3, -0.25) is 4.79 Å². The minimum absolute atomic E-state index is 0.0887. The van der Waals surface area contributed by atoms with Gasteiger partial charge in [0.15, 0.2) is 0 Å². The van der Waals surface area contributed by atoms with Crippen molar-refractivity contribution < 1.29 is 17.9 Å². The average Bonchev–Trinajstić information content (AvgIpc) is 3.15. The molecule has 28 heavy (non-hydrogen) atoms. The Morgan fingerprint density at radius 3 is 2.46 bits per heavy atom. The van der Waals surface area contributed by atoms with Crippen molar-refractivity contribution in [2.45, 2.75) is 50.0 Å². The van der Waals surface area contributed by atoms with Crippen molar-refractivity contribution >= 4 is 21.6 Å². The summed E-state index contributed by atoms with van der Waals surface area (Å²) in [5, 5.41) is 15.1. The van der Waals surface area contributed by atoms with Crippen LogP contribution in [-0.2, 0) is 14.8 Å². The molecule has 0 aliphatic heterocycles. The number of amides is 1. The summed E-state index contributed by atoms with van der Waals surface area (Å²) in [4.78, 5) is 12.5. The van der Waals surface area contributed by atoms with Crippen LogP contribution in [0.3, 0.4) is 0 Å². The molecule has 0 unspecified atom stereocenters. The molecule has 0 bridgehead atoms. The fraction of sp³-hybridized carbons (Fsp3) is 0.579. The molecule has 0 heterocycles. The van der Waals surface area contributed by atoms with Gasteiger partial charge in [0.25, 0.3) is 0 Å². The summed E-state index contributed by atoms with van der Waals surface area (Å²) in [7, 11) is -2.15. The number of benzene rings is 1. The normalized spacial score (nSPS) is 15.8. The van der Waals surface area contributed by atoms with Crippen molar-refractivity contribution in [2.75, 3.05) is 32.1 Å². The predicted octanol–water partition coefficient (Wildman–Crippen LogP) is 2.09. The van der Waals surface area contributed by atoms with Crippen LogP contribution in [0, 0.1) is 11.3 Å². The Balaban J connectivity index is 2.16. The molecule has 0 spiro atoms. The van der Waals surface area contributed by atoms with Crippen LogP contribution < -0.4 is 15.4 Å². The molecule has 1 aliphatic rings. The number of nitriles is 1. The maximum Gasteiger partial charge on any atom is 0.243 e. The molecule has 2 rings (SSSR count). The van der Waals surface area contributed by atoms with E-state index in [9.17, 15) is 18.5 Å². The van der Waals surface area contributed by atoms with Crippen molar-refractivity contribution in [1.29, 1.82) is 5.26 Å². The Hall–Kier alpha value is -2.31. The van der Waals surface area contributed by atoms with Gasteiger partial charge >= 0.3 is 0 Å². The van der Waals surface area contributed by atoms with Gasteiger partial charge < -0.3 is 15.4 Å². The third kappa shape index (κ3) is 4.75. The molecular weight excluding hydrogens is 380 g/mol. The first-order valence-electron chi connectivity index (χ1n) is 9.46. The van der Waals surface area contributed by atoms with Crippen LogP contribution in [0.25, 0.3) is 0 Å². The smallest absolute Gasteiger partial charge is 0.243 e. The van der Waals surface area contributed by atoms with E-state index >= 15 is 0 Å². The number of methoxy groups -OCH3 is 1. The summed E-state index contributed by atoms with van der Waals surface area (Å²) in [6.07, 6.45) is 3.13. The van der Waals surface area contributed by atoms with E-state index < -0.39 is 15.6 Å². The first-order valence-corrected chi connectivity index (χ1v) is 10.9. The van der Waals surface area contributed by atoms with Gasteiger partial charge in [0.2, 0.25) is 15.9 Å². The molecule has 2 N–H and O–H groups in total. The molecule has 1 aliphatic carbocycles. The lowest BCUT2D eigenvalue weighted by atomic mass is 10.00. The molecule has 0 aromatic heterocycles. The molecular formula is C19H28N4O4S. The minimum atomic E-state index is -3.63. The number of carbonyl (C=O) groups is 1. The number of anilines is 1. The number of sulfonamides is 1.